The molecule has 1 aliphatic heterocycles. The van der Waals surface area contributed by atoms with Gasteiger partial charge in [-0.05, 0) is 62.0 Å². The number of nitrogens with zero attached hydrogens (tertiary/aromatic N) is 2. The van der Waals surface area contributed by atoms with E-state index in [4.69, 9.17) is 5.73 Å². The van der Waals surface area contributed by atoms with Gasteiger partial charge in [0.1, 0.15) is 0 Å². The lowest BCUT2D eigenvalue weighted by Gasteiger charge is -2.31. The molecule has 4 nitrogen and oxygen atoms in total. The second-order valence-electron chi connectivity index (χ2n) is 7.11. The van der Waals surface area contributed by atoms with Crippen LogP contribution in [0.15, 0.2) is 42.6 Å². The van der Waals surface area contributed by atoms with E-state index in [9.17, 15) is 0 Å². The van der Waals surface area contributed by atoms with Crippen LogP contribution in [0.1, 0.15) is 35.2 Å². The van der Waals surface area contributed by atoms with Crippen molar-refractivity contribution in [2.24, 2.45) is 5.73 Å². The van der Waals surface area contributed by atoms with Crippen LogP contribution in [0, 0.1) is 6.92 Å². The van der Waals surface area contributed by atoms with E-state index in [0.717, 1.165) is 57.7 Å². The van der Waals surface area contributed by atoms with Crippen molar-refractivity contribution < 1.29 is 0 Å². The summed E-state index contributed by atoms with van der Waals surface area (Å²) in [5.41, 5.74) is 11.0. The summed E-state index contributed by atoms with van der Waals surface area (Å²) in [5.74, 6) is 0. The van der Waals surface area contributed by atoms with E-state index in [-0.39, 0.29) is 0 Å². The van der Waals surface area contributed by atoms with Gasteiger partial charge in [0.2, 0.25) is 0 Å². The van der Waals surface area contributed by atoms with Gasteiger partial charge in [0.05, 0.1) is 5.69 Å². The number of rotatable bonds is 8. The average Bonchev–Trinajstić information content (AvgIpc) is 2.63. The second kappa shape index (κ2) is 9.09. The third-order valence-corrected chi connectivity index (χ3v) is 4.93. The fourth-order valence-electron chi connectivity index (χ4n) is 3.50. The average molecular weight is 338 g/mol. The molecule has 4 heteroatoms. The number of aryl methyl sites for hydroxylation is 1. The molecule has 0 amide bonds. The number of nitrogens with one attached hydrogen (secondary N) is 1. The summed E-state index contributed by atoms with van der Waals surface area (Å²) in [4.78, 5) is 7.12. The van der Waals surface area contributed by atoms with Crippen molar-refractivity contribution in [1.82, 2.24) is 15.2 Å². The highest BCUT2D eigenvalue weighted by atomic mass is 15.2. The first-order chi connectivity index (χ1) is 12.2. The topological polar surface area (TPSA) is 54.2 Å². The van der Waals surface area contributed by atoms with Crippen LogP contribution < -0.4 is 11.1 Å². The van der Waals surface area contributed by atoms with Crippen molar-refractivity contribution in [2.45, 2.75) is 45.3 Å². The fraction of sp³-hybridized carbons (Fsp3) is 0.476. The minimum absolute atomic E-state index is 0.498. The lowest BCUT2D eigenvalue weighted by atomic mass is 9.95. The molecule has 0 spiro atoms. The van der Waals surface area contributed by atoms with Crippen LogP contribution >= 0.6 is 0 Å². The number of benzene rings is 1. The van der Waals surface area contributed by atoms with Crippen LogP contribution in [-0.2, 0) is 19.5 Å². The Morgan fingerprint density at radius 3 is 2.76 bits per heavy atom. The smallest absolute Gasteiger partial charge is 0.0544 e. The maximum atomic E-state index is 5.68. The van der Waals surface area contributed by atoms with Gasteiger partial charge >= 0.3 is 0 Å². The van der Waals surface area contributed by atoms with Crippen LogP contribution in [0.3, 0.4) is 0 Å². The monoisotopic (exact) mass is 338 g/mol. The van der Waals surface area contributed by atoms with Gasteiger partial charge in [-0.2, -0.15) is 0 Å². The van der Waals surface area contributed by atoms with Crippen molar-refractivity contribution in [3.05, 3.63) is 65.0 Å². The largest absolute Gasteiger partial charge is 0.330 e. The zero-order chi connectivity index (χ0) is 17.5. The van der Waals surface area contributed by atoms with Gasteiger partial charge in [0.15, 0.2) is 0 Å². The van der Waals surface area contributed by atoms with E-state index in [0.29, 0.717) is 6.04 Å². The maximum Gasteiger partial charge on any atom is 0.0544 e. The first-order valence-corrected chi connectivity index (χ1v) is 9.38. The van der Waals surface area contributed by atoms with Gasteiger partial charge < -0.3 is 11.1 Å². The molecule has 2 aromatic rings. The number of fused-ring (bicyclic) bond motifs is 1. The number of hydrogen-bond acceptors (Lipinski definition) is 4. The summed E-state index contributed by atoms with van der Waals surface area (Å²) < 4.78 is 0. The van der Waals surface area contributed by atoms with E-state index in [1.54, 1.807) is 0 Å². The van der Waals surface area contributed by atoms with E-state index in [1.165, 1.54) is 16.7 Å². The molecule has 1 unspecified atom stereocenters. The van der Waals surface area contributed by atoms with Crippen LogP contribution in [0.5, 0.6) is 0 Å². The molecule has 3 N–H and O–H groups in total. The van der Waals surface area contributed by atoms with Crippen molar-refractivity contribution in [3.63, 3.8) is 0 Å². The molecule has 1 aromatic heterocycles. The molecule has 1 atom stereocenters. The van der Waals surface area contributed by atoms with Gasteiger partial charge in [-0.3, -0.25) is 9.88 Å². The molecular formula is C21H30N4. The van der Waals surface area contributed by atoms with E-state index >= 15 is 0 Å². The van der Waals surface area contributed by atoms with Crippen molar-refractivity contribution >= 4 is 0 Å². The maximum absolute atomic E-state index is 5.68. The first kappa shape index (κ1) is 18.1. The van der Waals surface area contributed by atoms with Crippen LogP contribution in [0.4, 0.5) is 0 Å². The van der Waals surface area contributed by atoms with Gasteiger partial charge in [-0.25, -0.2) is 0 Å². The summed E-state index contributed by atoms with van der Waals surface area (Å²) in [6.45, 7) is 6.86. The van der Waals surface area contributed by atoms with Crippen molar-refractivity contribution in [2.75, 3.05) is 19.6 Å². The number of unbranched alkanes of at least 4 members (excludes halogenated alkanes) is 1. The van der Waals surface area contributed by atoms with Crippen LogP contribution in [-0.4, -0.2) is 35.6 Å². The summed E-state index contributed by atoms with van der Waals surface area (Å²) in [6.07, 6.45) is 5.29. The molecule has 1 aliphatic rings. The van der Waals surface area contributed by atoms with Crippen LogP contribution in [0.25, 0.3) is 0 Å². The third-order valence-electron chi connectivity index (χ3n) is 4.93. The molecule has 1 aromatic carbocycles. The zero-order valence-electron chi connectivity index (χ0n) is 15.2. The summed E-state index contributed by atoms with van der Waals surface area (Å²) in [5, 5.41) is 3.70. The SMILES string of the molecule is Cc1ccc(CN(CCCCN)CC2Cc3ccccc3CN2)nc1. The number of nitrogens with two attached hydrogens (primary N) is 1. The third kappa shape index (κ3) is 5.36. The molecule has 134 valence electrons. The lowest BCUT2D eigenvalue weighted by molar-refractivity contribution is 0.222. The van der Waals surface area contributed by atoms with Crippen molar-refractivity contribution in [1.29, 1.82) is 0 Å². The Hall–Kier alpha value is -1.75. The molecular weight excluding hydrogens is 308 g/mol. The number of pyridine rings is 1. The highest BCUT2D eigenvalue weighted by molar-refractivity contribution is 5.30. The lowest BCUT2D eigenvalue weighted by Crippen LogP contribution is -2.44. The number of aromatic nitrogens is 1. The molecule has 25 heavy (non-hydrogen) atoms. The fourth-order valence-corrected chi connectivity index (χ4v) is 3.50. The highest BCUT2D eigenvalue weighted by Gasteiger charge is 2.20. The van der Waals surface area contributed by atoms with Gasteiger partial charge in [0, 0.05) is 31.9 Å². The van der Waals surface area contributed by atoms with Gasteiger partial charge in [0.25, 0.3) is 0 Å². The Bertz CT molecular complexity index is 653. The Balaban J connectivity index is 1.62. The normalized spacial score (nSPS) is 16.8. The molecule has 0 bridgehead atoms. The summed E-state index contributed by atoms with van der Waals surface area (Å²) in [6, 6.07) is 13.6. The summed E-state index contributed by atoms with van der Waals surface area (Å²) >= 11 is 0. The molecule has 0 fully saturated rings. The quantitative estimate of drug-likeness (QED) is 0.727. The molecule has 3 rings (SSSR count). The number of hydrogen-bond donors (Lipinski definition) is 2. The van der Waals surface area contributed by atoms with E-state index in [1.807, 2.05) is 6.20 Å². The van der Waals surface area contributed by atoms with Gasteiger partial charge in [-0.1, -0.05) is 30.3 Å². The van der Waals surface area contributed by atoms with Crippen LogP contribution in [0.2, 0.25) is 0 Å². The summed E-state index contributed by atoms with van der Waals surface area (Å²) in [7, 11) is 0. The predicted molar refractivity (Wildman–Crippen MR) is 103 cm³/mol. The highest BCUT2D eigenvalue weighted by Crippen LogP contribution is 2.17. The van der Waals surface area contributed by atoms with E-state index < -0.39 is 0 Å². The van der Waals surface area contributed by atoms with Gasteiger partial charge in [-0.15, -0.1) is 0 Å². The first-order valence-electron chi connectivity index (χ1n) is 9.38. The Morgan fingerprint density at radius 2 is 2.00 bits per heavy atom. The second-order valence-corrected chi connectivity index (χ2v) is 7.11. The Kier molecular flexibility index (Phi) is 6.56. The Labute approximate surface area is 151 Å². The minimum atomic E-state index is 0.498. The van der Waals surface area contributed by atoms with Crippen molar-refractivity contribution in [3.8, 4) is 0 Å². The molecule has 0 saturated heterocycles. The minimum Gasteiger partial charge on any atom is -0.330 e. The molecule has 2 heterocycles. The molecule has 0 radical (unpaired) electrons. The Morgan fingerprint density at radius 1 is 1.16 bits per heavy atom. The van der Waals surface area contributed by atoms with E-state index in [2.05, 4.69) is 58.5 Å². The standard InChI is InChI=1S/C21H30N4/c1-17-8-9-20(23-13-17)15-25(11-5-4-10-22)16-21-12-18-6-2-3-7-19(18)14-24-21/h2-3,6-9,13,21,24H,4-5,10-12,14-16,22H2,1H3. The predicted octanol–water partition coefficient (Wildman–Crippen LogP) is 2.65. The zero-order valence-corrected chi connectivity index (χ0v) is 15.2. The molecule has 0 saturated carbocycles. The molecule has 0 aliphatic carbocycles.